The summed E-state index contributed by atoms with van der Waals surface area (Å²) in [6.45, 7) is 0. The second kappa shape index (κ2) is 1.45. The van der Waals surface area contributed by atoms with Crippen LogP contribution in [0.15, 0.2) is 16.2 Å². The second-order valence-corrected chi connectivity index (χ2v) is 2.67. The van der Waals surface area contributed by atoms with E-state index in [1.54, 1.807) is 0 Å². The van der Waals surface area contributed by atoms with Crippen molar-refractivity contribution in [2.75, 3.05) is 5.75 Å². The molecule has 0 aromatic rings. The van der Waals surface area contributed by atoms with Crippen molar-refractivity contribution in [3.05, 3.63) is 11.2 Å². The third-order valence-corrected chi connectivity index (χ3v) is 2.06. The molecule has 2 nitrogen and oxygen atoms in total. The molecule has 3 heteroatoms. The Morgan fingerprint density at radius 2 is 2.75 bits per heavy atom. The van der Waals surface area contributed by atoms with E-state index in [0.717, 1.165) is 5.75 Å². The first-order valence-electron chi connectivity index (χ1n) is 2.45. The Hall–Kier alpha value is -0.570. The molecular weight excluding hydrogens is 120 g/mol. The van der Waals surface area contributed by atoms with Gasteiger partial charge >= 0.3 is 0 Å². The van der Waals surface area contributed by atoms with Crippen LogP contribution < -0.4 is 0 Å². The van der Waals surface area contributed by atoms with E-state index in [2.05, 4.69) is 11.2 Å². The van der Waals surface area contributed by atoms with Gasteiger partial charge in [-0.3, -0.25) is 0 Å². The molecule has 0 aliphatic carbocycles. The molecule has 2 rings (SSSR count). The first kappa shape index (κ1) is 4.32. The standard InChI is InChI=1S/C5H5N2S/c1-2-8-5-3-6-4-7(1)5/h1,3-4H,2H2/q+1. The van der Waals surface area contributed by atoms with Crippen molar-refractivity contribution >= 4 is 24.3 Å². The third-order valence-electron chi connectivity index (χ3n) is 1.13. The minimum absolute atomic E-state index is 1.10. The van der Waals surface area contributed by atoms with Crippen LogP contribution in [0, 0.1) is 0 Å². The van der Waals surface area contributed by atoms with Crippen molar-refractivity contribution in [3.8, 4) is 0 Å². The maximum atomic E-state index is 3.95. The molecule has 2 aliphatic rings. The van der Waals surface area contributed by atoms with Gasteiger partial charge in [0, 0.05) is 0 Å². The molecule has 0 saturated carbocycles. The van der Waals surface area contributed by atoms with Gasteiger partial charge in [-0.1, -0.05) is 16.8 Å². The topological polar surface area (TPSA) is 15.4 Å². The summed E-state index contributed by atoms with van der Waals surface area (Å²) in [4.78, 5) is 3.95. The van der Waals surface area contributed by atoms with Crippen LogP contribution in [-0.2, 0) is 0 Å². The molecule has 0 spiro atoms. The van der Waals surface area contributed by atoms with Crippen LogP contribution >= 0.6 is 11.8 Å². The highest BCUT2D eigenvalue weighted by Crippen LogP contribution is 2.22. The van der Waals surface area contributed by atoms with E-state index in [-0.39, 0.29) is 0 Å². The van der Waals surface area contributed by atoms with Gasteiger partial charge in [-0.2, -0.15) is 4.58 Å². The maximum Gasteiger partial charge on any atom is 0.291 e. The number of nitrogens with zero attached hydrogens (tertiary/aromatic N) is 2. The quantitative estimate of drug-likeness (QED) is 0.434. The van der Waals surface area contributed by atoms with E-state index >= 15 is 0 Å². The number of hydrogen-bond acceptors (Lipinski definition) is 2. The lowest BCUT2D eigenvalue weighted by atomic mass is 10.8. The number of rotatable bonds is 0. The average Bonchev–Trinajstić information content (AvgIpc) is 2.15. The number of aliphatic imine (C=N–C) groups is 1. The monoisotopic (exact) mass is 125 g/mol. The summed E-state index contributed by atoms with van der Waals surface area (Å²) in [5.41, 5.74) is 0. The summed E-state index contributed by atoms with van der Waals surface area (Å²) in [5.74, 6) is 1.10. The van der Waals surface area contributed by atoms with Crippen molar-refractivity contribution in [3.63, 3.8) is 0 Å². The Morgan fingerprint density at radius 3 is 3.62 bits per heavy atom. The van der Waals surface area contributed by atoms with E-state index in [1.165, 1.54) is 5.03 Å². The van der Waals surface area contributed by atoms with Crippen molar-refractivity contribution in [2.45, 2.75) is 0 Å². The molecule has 0 aromatic heterocycles. The molecule has 40 valence electrons. The predicted molar refractivity (Wildman–Crippen MR) is 35.4 cm³/mol. The first-order valence-corrected chi connectivity index (χ1v) is 3.43. The Bertz CT molecular complexity index is 202. The lowest BCUT2D eigenvalue weighted by Gasteiger charge is -1.80. The normalized spacial score (nSPS) is 23.0. The van der Waals surface area contributed by atoms with E-state index < -0.39 is 0 Å². The fourth-order valence-electron chi connectivity index (χ4n) is 0.744. The summed E-state index contributed by atoms with van der Waals surface area (Å²) in [6, 6.07) is 0. The molecule has 2 heterocycles. The molecule has 0 amide bonds. The number of thioether (sulfide) groups is 1. The maximum absolute atomic E-state index is 3.95. The summed E-state index contributed by atoms with van der Waals surface area (Å²) in [7, 11) is 0. The highest BCUT2D eigenvalue weighted by atomic mass is 32.2. The highest BCUT2D eigenvalue weighted by molar-refractivity contribution is 8.03. The third kappa shape index (κ3) is 0.448. The molecule has 0 unspecified atom stereocenters. The van der Waals surface area contributed by atoms with Crippen LogP contribution in [0.5, 0.6) is 0 Å². The zero-order valence-electron chi connectivity index (χ0n) is 4.24. The highest BCUT2D eigenvalue weighted by Gasteiger charge is 2.19. The summed E-state index contributed by atoms with van der Waals surface area (Å²) in [5, 5.41) is 1.25. The molecule has 0 aromatic carbocycles. The van der Waals surface area contributed by atoms with Crippen LogP contribution in [0.1, 0.15) is 0 Å². The largest absolute Gasteiger partial charge is 0.291 e. The van der Waals surface area contributed by atoms with Gasteiger partial charge in [-0.25, -0.2) is 0 Å². The van der Waals surface area contributed by atoms with E-state index in [1.807, 2.05) is 28.9 Å². The molecule has 0 atom stereocenters. The van der Waals surface area contributed by atoms with E-state index in [4.69, 9.17) is 0 Å². The summed E-state index contributed by atoms with van der Waals surface area (Å²) >= 11 is 1.82. The minimum Gasteiger partial charge on any atom is -0.196 e. The van der Waals surface area contributed by atoms with Gasteiger partial charge in [0.05, 0.1) is 12.0 Å². The summed E-state index contributed by atoms with van der Waals surface area (Å²) < 4.78 is 2.05. The second-order valence-electron chi connectivity index (χ2n) is 1.63. The molecule has 0 N–H and O–H groups in total. The van der Waals surface area contributed by atoms with E-state index in [0.29, 0.717) is 0 Å². The lowest BCUT2D eigenvalue weighted by molar-refractivity contribution is -0.308. The molecule has 0 fully saturated rings. The molecule has 2 aliphatic heterocycles. The zero-order valence-corrected chi connectivity index (χ0v) is 5.06. The van der Waals surface area contributed by atoms with Crippen LogP contribution in [0.3, 0.4) is 0 Å². The fraction of sp³-hybridized carbons (Fsp3) is 0.200. The van der Waals surface area contributed by atoms with Crippen LogP contribution in [0.4, 0.5) is 0 Å². The van der Waals surface area contributed by atoms with Crippen LogP contribution in [0.25, 0.3) is 0 Å². The molecular formula is C5H5N2S+. The van der Waals surface area contributed by atoms with Gasteiger partial charge < -0.3 is 0 Å². The Balaban J connectivity index is 2.49. The first-order chi connectivity index (χ1) is 3.97. The lowest BCUT2D eigenvalue weighted by Crippen LogP contribution is -1.97. The van der Waals surface area contributed by atoms with Crippen LogP contribution in [0.2, 0.25) is 0 Å². The van der Waals surface area contributed by atoms with Gasteiger partial charge in [0.2, 0.25) is 5.03 Å². The van der Waals surface area contributed by atoms with Crippen molar-refractivity contribution in [2.24, 2.45) is 4.99 Å². The average molecular weight is 125 g/mol. The van der Waals surface area contributed by atoms with Gasteiger partial charge in [0.25, 0.3) is 6.34 Å². The summed E-state index contributed by atoms with van der Waals surface area (Å²) in [6.07, 6.45) is 5.83. The molecule has 0 saturated heterocycles. The smallest absolute Gasteiger partial charge is 0.196 e. The Labute approximate surface area is 51.6 Å². The molecule has 0 radical (unpaired) electrons. The zero-order chi connectivity index (χ0) is 5.40. The van der Waals surface area contributed by atoms with Crippen molar-refractivity contribution < 1.29 is 4.58 Å². The van der Waals surface area contributed by atoms with Gasteiger partial charge in [-0.05, 0) is 0 Å². The van der Waals surface area contributed by atoms with Gasteiger partial charge in [-0.15, -0.1) is 0 Å². The van der Waals surface area contributed by atoms with Crippen molar-refractivity contribution in [1.29, 1.82) is 0 Å². The molecule has 0 bridgehead atoms. The number of hydrogen-bond donors (Lipinski definition) is 0. The van der Waals surface area contributed by atoms with Crippen LogP contribution in [-0.4, -0.2) is 22.9 Å². The molecule has 8 heavy (non-hydrogen) atoms. The Morgan fingerprint density at radius 1 is 1.75 bits per heavy atom. The van der Waals surface area contributed by atoms with Gasteiger partial charge in [0.1, 0.15) is 0 Å². The van der Waals surface area contributed by atoms with E-state index in [9.17, 15) is 0 Å². The minimum atomic E-state index is 1.10. The van der Waals surface area contributed by atoms with Gasteiger partial charge in [0.15, 0.2) is 6.20 Å². The van der Waals surface area contributed by atoms with Crippen molar-refractivity contribution in [1.82, 2.24) is 0 Å². The Kier molecular flexibility index (Phi) is 0.784. The fourth-order valence-corrected chi connectivity index (χ4v) is 1.56. The predicted octanol–water partition coefficient (Wildman–Crippen LogP) is 0.657. The SMILES string of the molecule is C1=NC=C2SCC=[N+]12. The number of fused-ring (bicyclic) bond motifs is 1.